The Morgan fingerprint density at radius 3 is 2.53 bits per heavy atom. The Morgan fingerprint density at radius 2 is 1.88 bits per heavy atom. The summed E-state index contributed by atoms with van der Waals surface area (Å²) in [5, 5.41) is 6.84. The van der Waals surface area contributed by atoms with E-state index in [9.17, 15) is 13.2 Å². The van der Waals surface area contributed by atoms with Crippen LogP contribution in [0.15, 0.2) is 33.7 Å². The largest absolute Gasteiger partial charge is 0.339 e. The number of hydrogen-bond donors (Lipinski definition) is 1. The van der Waals surface area contributed by atoms with Crippen molar-refractivity contribution >= 4 is 33.0 Å². The number of anilines is 1. The summed E-state index contributed by atoms with van der Waals surface area (Å²) >= 11 is 1.31. The Kier molecular flexibility index (Phi) is 6.19. The highest BCUT2D eigenvalue weighted by Gasteiger charge is 2.35. The lowest BCUT2D eigenvalue weighted by Gasteiger charge is -2.31. The second kappa shape index (κ2) is 8.76. The fraction of sp³-hybridized carbons (Fsp3) is 0.409. The number of thiophene rings is 1. The van der Waals surface area contributed by atoms with Crippen molar-refractivity contribution in [3.63, 3.8) is 0 Å². The van der Waals surface area contributed by atoms with Crippen LogP contribution in [0.5, 0.6) is 0 Å². The fourth-order valence-electron chi connectivity index (χ4n) is 4.04. The molecule has 1 unspecified atom stereocenters. The second-order valence-corrected chi connectivity index (χ2v) is 11.4. The summed E-state index contributed by atoms with van der Waals surface area (Å²) in [5.74, 6) is 0.239. The summed E-state index contributed by atoms with van der Waals surface area (Å²) in [4.78, 5) is 18.6. The molecule has 1 N–H and O–H groups in total. The summed E-state index contributed by atoms with van der Waals surface area (Å²) in [6.07, 6.45) is 1.28. The fourth-order valence-corrected chi connectivity index (χ4v) is 7.05. The van der Waals surface area contributed by atoms with Gasteiger partial charge in [0.1, 0.15) is 0 Å². The van der Waals surface area contributed by atoms with Crippen molar-refractivity contribution in [2.75, 3.05) is 18.4 Å². The molecule has 0 spiro atoms. The van der Waals surface area contributed by atoms with Gasteiger partial charge in [-0.05, 0) is 62.9 Å². The van der Waals surface area contributed by atoms with E-state index in [4.69, 9.17) is 4.52 Å². The molecular weight excluding hydrogens is 448 g/mol. The van der Waals surface area contributed by atoms with Crippen LogP contribution in [-0.2, 0) is 14.8 Å². The molecule has 0 radical (unpaired) electrons. The number of hydrogen-bond acceptors (Lipinski definition) is 7. The third-order valence-corrected chi connectivity index (χ3v) is 8.65. The van der Waals surface area contributed by atoms with Gasteiger partial charge in [0.2, 0.25) is 27.6 Å². The molecule has 1 atom stereocenters. The molecular formula is C22H26N4O4S2. The van der Waals surface area contributed by atoms with E-state index in [1.54, 1.807) is 19.9 Å². The molecule has 32 heavy (non-hydrogen) atoms. The molecule has 4 rings (SSSR count). The number of nitrogens with one attached hydrogen (secondary N) is 1. The van der Waals surface area contributed by atoms with Crippen LogP contribution in [0.3, 0.4) is 0 Å². The van der Waals surface area contributed by atoms with Crippen LogP contribution in [0, 0.1) is 33.6 Å². The predicted octanol–water partition coefficient (Wildman–Crippen LogP) is 4.07. The van der Waals surface area contributed by atoms with Crippen molar-refractivity contribution in [1.29, 1.82) is 0 Å². The van der Waals surface area contributed by atoms with E-state index in [2.05, 4.69) is 15.5 Å². The quantitative estimate of drug-likeness (QED) is 0.598. The zero-order valence-corrected chi connectivity index (χ0v) is 20.1. The summed E-state index contributed by atoms with van der Waals surface area (Å²) in [7, 11) is -3.75. The average molecular weight is 475 g/mol. The summed E-state index contributed by atoms with van der Waals surface area (Å²) in [6, 6.07) is 7.47. The maximum Gasteiger partial charge on any atom is 0.244 e. The van der Waals surface area contributed by atoms with Crippen LogP contribution in [0.25, 0.3) is 10.7 Å². The Bertz CT molecular complexity index is 1240. The van der Waals surface area contributed by atoms with Gasteiger partial charge in [-0.1, -0.05) is 11.2 Å². The van der Waals surface area contributed by atoms with E-state index in [-0.39, 0.29) is 17.3 Å². The number of benzene rings is 1. The SMILES string of the molecule is Cc1cc(C)cc(NC(=O)C2CCCN(S(=O)(=O)c3cc(-c4noc(C)n4)sc3C)C2)c1. The van der Waals surface area contributed by atoms with Crippen LogP contribution in [-0.4, -0.2) is 41.9 Å². The van der Waals surface area contributed by atoms with Crippen molar-refractivity contribution in [1.82, 2.24) is 14.4 Å². The number of carbonyl (C=O) groups excluding carboxylic acids is 1. The first kappa shape index (κ1) is 22.6. The standard InChI is InChI=1S/C22H26N4O4S2/c1-13-8-14(2)10-18(9-13)24-22(27)17-6-5-7-26(12-17)32(28,29)20-11-19(31-15(20)3)21-23-16(4)30-25-21/h8-11,17H,5-7,12H2,1-4H3,(H,24,27). The van der Waals surface area contributed by atoms with Gasteiger partial charge < -0.3 is 9.84 Å². The molecule has 1 aliphatic rings. The van der Waals surface area contributed by atoms with E-state index in [0.717, 1.165) is 16.8 Å². The molecule has 0 saturated carbocycles. The molecule has 1 aromatic carbocycles. The number of sulfonamides is 1. The molecule has 170 valence electrons. The number of piperidine rings is 1. The summed E-state index contributed by atoms with van der Waals surface area (Å²) < 4.78 is 33.3. The molecule has 1 aliphatic heterocycles. The topological polar surface area (TPSA) is 105 Å². The highest BCUT2D eigenvalue weighted by Crippen LogP contribution is 2.35. The number of nitrogens with zero attached hydrogens (tertiary/aromatic N) is 3. The Labute approximate surface area is 191 Å². The zero-order chi connectivity index (χ0) is 23.0. The molecule has 8 nitrogen and oxygen atoms in total. The van der Waals surface area contributed by atoms with Gasteiger partial charge in [-0.3, -0.25) is 4.79 Å². The Balaban J connectivity index is 1.52. The first-order valence-corrected chi connectivity index (χ1v) is 12.7. The van der Waals surface area contributed by atoms with E-state index in [1.807, 2.05) is 32.0 Å². The first-order valence-electron chi connectivity index (χ1n) is 10.4. The maximum absolute atomic E-state index is 13.4. The monoisotopic (exact) mass is 474 g/mol. The number of aromatic nitrogens is 2. The van der Waals surface area contributed by atoms with Crippen molar-refractivity contribution in [2.45, 2.75) is 45.4 Å². The smallest absolute Gasteiger partial charge is 0.244 e. The highest BCUT2D eigenvalue weighted by molar-refractivity contribution is 7.89. The normalized spacial score (nSPS) is 17.4. The van der Waals surface area contributed by atoms with Crippen molar-refractivity contribution in [3.05, 3.63) is 46.2 Å². The van der Waals surface area contributed by atoms with Crippen LogP contribution in [0.2, 0.25) is 0 Å². The molecule has 1 amide bonds. The van der Waals surface area contributed by atoms with Gasteiger partial charge in [0.15, 0.2) is 0 Å². The lowest BCUT2D eigenvalue weighted by atomic mass is 9.98. The number of carbonyl (C=O) groups is 1. The zero-order valence-electron chi connectivity index (χ0n) is 18.5. The number of rotatable bonds is 5. The van der Waals surface area contributed by atoms with Gasteiger partial charge >= 0.3 is 0 Å². The lowest BCUT2D eigenvalue weighted by Crippen LogP contribution is -2.43. The minimum atomic E-state index is -3.75. The predicted molar refractivity (Wildman–Crippen MR) is 123 cm³/mol. The van der Waals surface area contributed by atoms with Crippen molar-refractivity contribution < 1.29 is 17.7 Å². The van der Waals surface area contributed by atoms with Crippen molar-refractivity contribution in [3.8, 4) is 10.7 Å². The third-order valence-electron chi connectivity index (χ3n) is 5.48. The van der Waals surface area contributed by atoms with Crippen molar-refractivity contribution in [2.24, 2.45) is 5.92 Å². The highest BCUT2D eigenvalue weighted by atomic mass is 32.2. The van der Waals surface area contributed by atoms with Crippen LogP contribution in [0.1, 0.15) is 34.7 Å². The molecule has 3 aromatic rings. The Morgan fingerprint density at radius 1 is 1.16 bits per heavy atom. The molecule has 3 heterocycles. The summed E-state index contributed by atoms with van der Waals surface area (Å²) in [6.45, 7) is 7.95. The van der Waals surface area contributed by atoms with Crippen LogP contribution >= 0.6 is 11.3 Å². The van der Waals surface area contributed by atoms with Crippen LogP contribution < -0.4 is 5.32 Å². The maximum atomic E-state index is 13.4. The molecule has 1 fully saturated rings. The van der Waals surface area contributed by atoms with E-state index in [0.29, 0.717) is 40.9 Å². The lowest BCUT2D eigenvalue weighted by molar-refractivity contribution is -0.120. The molecule has 1 saturated heterocycles. The molecule has 0 aliphatic carbocycles. The van der Waals surface area contributed by atoms with Crippen LogP contribution in [0.4, 0.5) is 5.69 Å². The van der Waals surface area contributed by atoms with E-state index in [1.165, 1.54) is 15.6 Å². The Hall–Kier alpha value is -2.56. The summed E-state index contributed by atoms with van der Waals surface area (Å²) in [5.41, 5.74) is 2.86. The minimum absolute atomic E-state index is 0.153. The van der Waals surface area contributed by atoms with Gasteiger partial charge in [-0.2, -0.15) is 9.29 Å². The minimum Gasteiger partial charge on any atom is -0.339 e. The third kappa shape index (κ3) is 4.62. The van der Waals surface area contributed by atoms with Gasteiger partial charge in [0.05, 0.1) is 15.7 Å². The average Bonchev–Trinajstić information content (AvgIpc) is 3.33. The molecule has 10 heteroatoms. The second-order valence-electron chi connectivity index (χ2n) is 8.24. The number of amides is 1. The van der Waals surface area contributed by atoms with E-state index >= 15 is 0 Å². The van der Waals surface area contributed by atoms with Gasteiger partial charge in [0.25, 0.3) is 0 Å². The number of aryl methyl sites for hydroxylation is 4. The van der Waals surface area contributed by atoms with Gasteiger partial charge in [-0.25, -0.2) is 8.42 Å². The van der Waals surface area contributed by atoms with E-state index < -0.39 is 15.9 Å². The molecule has 0 bridgehead atoms. The molecule has 2 aromatic heterocycles. The van der Waals surface area contributed by atoms with Gasteiger partial charge in [0, 0.05) is 30.6 Å². The first-order chi connectivity index (χ1) is 15.1. The van der Waals surface area contributed by atoms with Gasteiger partial charge in [-0.15, -0.1) is 11.3 Å².